The van der Waals surface area contributed by atoms with Crippen LogP contribution in [0.5, 0.6) is 0 Å². The van der Waals surface area contributed by atoms with Crippen molar-refractivity contribution in [1.29, 1.82) is 0 Å². The van der Waals surface area contributed by atoms with Gasteiger partial charge >= 0.3 is 0 Å². The highest BCUT2D eigenvalue weighted by atomic mass is 35.5. The Morgan fingerprint density at radius 3 is 2.20 bits per heavy atom. The average molecular weight is 294 g/mol. The number of halogens is 2. The Kier molecular flexibility index (Phi) is 2.91. The van der Waals surface area contributed by atoms with Crippen LogP contribution in [-0.2, 0) is 0 Å². The average Bonchev–Trinajstić information content (AvgIpc) is 2.39. The van der Waals surface area contributed by atoms with Gasteiger partial charge in [-0.3, -0.25) is 0 Å². The van der Waals surface area contributed by atoms with Gasteiger partial charge in [0.15, 0.2) is 0 Å². The lowest BCUT2D eigenvalue weighted by molar-refractivity contribution is -0.0678. The number of hydrogen-bond acceptors (Lipinski definition) is 1. The summed E-state index contributed by atoms with van der Waals surface area (Å²) in [7, 11) is 0. The minimum atomic E-state index is -0.232. The fourth-order valence-corrected chi connectivity index (χ4v) is 5.88. The van der Waals surface area contributed by atoms with Gasteiger partial charge < -0.3 is 5.73 Å². The summed E-state index contributed by atoms with van der Waals surface area (Å²) in [6.45, 7) is 0. The number of benzene rings is 1. The molecule has 3 heteroatoms. The largest absolute Gasteiger partial charge is 0.323 e. The Balaban J connectivity index is 1.71. The Hall–Kier alpha value is -0.600. The molecule has 4 fully saturated rings. The van der Waals surface area contributed by atoms with E-state index in [1.54, 1.807) is 12.1 Å². The molecule has 1 unspecified atom stereocenters. The Morgan fingerprint density at radius 1 is 1.10 bits per heavy atom. The zero-order valence-corrected chi connectivity index (χ0v) is 12.4. The molecule has 1 aromatic rings. The lowest BCUT2D eigenvalue weighted by Gasteiger charge is -2.59. The summed E-state index contributed by atoms with van der Waals surface area (Å²) in [5, 5.41) is 0.620. The zero-order valence-electron chi connectivity index (χ0n) is 11.6. The maximum atomic E-state index is 13.6. The molecule has 4 bridgehead atoms. The second kappa shape index (κ2) is 4.45. The Morgan fingerprint density at radius 2 is 1.65 bits per heavy atom. The lowest BCUT2D eigenvalue weighted by Crippen LogP contribution is -2.50. The van der Waals surface area contributed by atoms with Crippen LogP contribution < -0.4 is 5.73 Å². The normalized spacial score (nSPS) is 40.0. The summed E-state index contributed by atoms with van der Waals surface area (Å²) in [5.74, 6) is 2.31. The minimum Gasteiger partial charge on any atom is -0.323 e. The Bertz CT molecular complexity index is 507. The first-order chi connectivity index (χ1) is 9.56. The quantitative estimate of drug-likeness (QED) is 0.840. The molecule has 0 heterocycles. The van der Waals surface area contributed by atoms with Crippen LogP contribution in [0.15, 0.2) is 18.2 Å². The van der Waals surface area contributed by atoms with Gasteiger partial charge in [0.1, 0.15) is 5.82 Å². The van der Waals surface area contributed by atoms with E-state index in [4.69, 9.17) is 17.3 Å². The summed E-state index contributed by atoms with van der Waals surface area (Å²) >= 11 is 6.28. The van der Waals surface area contributed by atoms with Gasteiger partial charge in [-0.2, -0.15) is 0 Å². The van der Waals surface area contributed by atoms with Gasteiger partial charge in [0.05, 0.1) is 0 Å². The van der Waals surface area contributed by atoms with Crippen LogP contribution in [0, 0.1) is 29.0 Å². The SMILES string of the molecule is NC(c1cc(F)ccc1Cl)C12CC3CC(CC(C3)C1)C2. The van der Waals surface area contributed by atoms with Crippen LogP contribution in [0.25, 0.3) is 0 Å². The highest BCUT2D eigenvalue weighted by molar-refractivity contribution is 6.31. The van der Waals surface area contributed by atoms with Crippen molar-refractivity contribution in [3.63, 3.8) is 0 Å². The predicted molar refractivity (Wildman–Crippen MR) is 78.9 cm³/mol. The molecular formula is C17H21ClFN. The van der Waals surface area contributed by atoms with E-state index in [1.165, 1.54) is 44.6 Å². The number of rotatable bonds is 2. The topological polar surface area (TPSA) is 26.0 Å². The molecule has 1 aromatic carbocycles. The van der Waals surface area contributed by atoms with Crippen molar-refractivity contribution in [1.82, 2.24) is 0 Å². The third kappa shape index (κ3) is 1.92. The molecule has 0 saturated heterocycles. The lowest BCUT2D eigenvalue weighted by atomic mass is 9.47. The van der Waals surface area contributed by atoms with E-state index in [2.05, 4.69) is 0 Å². The first kappa shape index (κ1) is 13.1. The molecular weight excluding hydrogens is 273 g/mol. The van der Waals surface area contributed by atoms with Gasteiger partial charge in [-0.25, -0.2) is 4.39 Å². The van der Waals surface area contributed by atoms with Crippen molar-refractivity contribution in [2.45, 2.75) is 44.6 Å². The zero-order chi connectivity index (χ0) is 13.9. The number of nitrogens with two attached hydrogens (primary N) is 1. The van der Waals surface area contributed by atoms with Crippen molar-refractivity contribution in [3.8, 4) is 0 Å². The smallest absolute Gasteiger partial charge is 0.123 e. The molecule has 0 amide bonds. The first-order valence-electron chi connectivity index (χ1n) is 7.76. The second-order valence-corrected chi connectivity index (χ2v) is 7.83. The molecule has 4 aliphatic carbocycles. The monoisotopic (exact) mass is 293 g/mol. The van der Waals surface area contributed by atoms with Crippen LogP contribution in [0.3, 0.4) is 0 Å². The fourth-order valence-electron chi connectivity index (χ4n) is 5.64. The van der Waals surface area contributed by atoms with E-state index in [-0.39, 0.29) is 17.3 Å². The van der Waals surface area contributed by atoms with E-state index < -0.39 is 0 Å². The van der Waals surface area contributed by atoms with Crippen LogP contribution in [0.1, 0.15) is 50.1 Å². The molecule has 0 radical (unpaired) electrons. The standard InChI is InChI=1S/C17H21ClFN/c18-15-2-1-13(19)6-14(15)16(20)17-7-10-3-11(8-17)5-12(4-10)9-17/h1-2,6,10-12,16H,3-5,7-9,20H2. The van der Waals surface area contributed by atoms with E-state index in [9.17, 15) is 4.39 Å². The van der Waals surface area contributed by atoms with Gasteiger partial charge in [0, 0.05) is 11.1 Å². The summed E-state index contributed by atoms with van der Waals surface area (Å²) < 4.78 is 13.6. The van der Waals surface area contributed by atoms with Crippen molar-refractivity contribution < 1.29 is 4.39 Å². The minimum absolute atomic E-state index is 0.112. The fraction of sp³-hybridized carbons (Fsp3) is 0.647. The highest BCUT2D eigenvalue weighted by Crippen LogP contribution is 2.63. The maximum Gasteiger partial charge on any atom is 0.123 e. The van der Waals surface area contributed by atoms with E-state index in [1.807, 2.05) is 0 Å². The van der Waals surface area contributed by atoms with Crippen molar-refractivity contribution >= 4 is 11.6 Å². The van der Waals surface area contributed by atoms with Crippen molar-refractivity contribution in [2.24, 2.45) is 28.9 Å². The summed E-state index contributed by atoms with van der Waals surface area (Å²) in [6, 6.07) is 4.50. The third-order valence-electron chi connectivity index (χ3n) is 6.04. The molecule has 0 aliphatic heterocycles. The van der Waals surface area contributed by atoms with Gasteiger partial charge in [0.2, 0.25) is 0 Å². The van der Waals surface area contributed by atoms with E-state index >= 15 is 0 Å². The molecule has 1 nitrogen and oxygen atoms in total. The molecule has 4 saturated carbocycles. The first-order valence-corrected chi connectivity index (χ1v) is 8.14. The molecule has 1 atom stereocenters. The molecule has 108 valence electrons. The van der Waals surface area contributed by atoms with Gasteiger partial charge in [-0.15, -0.1) is 0 Å². The van der Waals surface area contributed by atoms with Gasteiger partial charge in [0.25, 0.3) is 0 Å². The second-order valence-electron chi connectivity index (χ2n) is 7.42. The van der Waals surface area contributed by atoms with E-state index in [0.717, 1.165) is 23.3 Å². The summed E-state index contributed by atoms with van der Waals surface area (Å²) in [4.78, 5) is 0. The number of hydrogen-bond donors (Lipinski definition) is 1. The van der Waals surface area contributed by atoms with Crippen LogP contribution >= 0.6 is 11.6 Å². The summed E-state index contributed by atoms with van der Waals surface area (Å²) in [6.07, 6.45) is 7.82. The van der Waals surface area contributed by atoms with Crippen LogP contribution in [-0.4, -0.2) is 0 Å². The van der Waals surface area contributed by atoms with Crippen molar-refractivity contribution in [2.75, 3.05) is 0 Å². The van der Waals surface area contributed by atoms with Crippen LogP contribution in [0.4, 0.5) is 4.39 Å². The molecule has 20 heavy (non-hydrogen) atoms. The molecule has 0 aromatic heterocycles. The molecule has 2 N–H and O–H groups in total. The third-order valence-corrected chi connectivity index (χ3v) is 6.38. The molecule has 4 aliphatic rings. The predicted octanol–water partition coefficient (Wildman–Crippen LogP) is 4.70. The maximum absolute atomic E-state index is 13.6. The Labute approximate surface area is 124 Å². The van der Waals surface area contributed by atoms with Crippen LogP contribution in [0.2, 0.25) is 5.02 Å². The summed E-state index contributed by atoms with van der Waals surface area (Å²) in [5.41, 5.74) is 7.60. The molecule has 5 rings (SSSR count). The van der Waals surface area contributed by atoms with Gasteiger partial charge in [-0.05, 0) is 85.5 Å². The molecule has 0 spiro atoms. The highest BCUT2D eigenvalue weighted by Gasteiger charge is 2.53. The van der Waals surface area contributed by atoms with Gasteiger partial charge in [-0.1, -0.05) is 11.6 Å². The van der Waals surface area contributed by atoms with Crippen molar-refractivity contribution in [3.05, 3.63) is 34.6 Å². The van der Waals surface area contributed by atoms with E-state index in [0.29, 0.717) is 5.02 Å².